The summed E-state index contributed by atoms with van der Waals surface area (Å²) < 4.78 is 6.65. The molecule has 0 aliphatic carbocycles. The first kappa shape index (κ1) is 22.7. The average molecular weight is 419 g/mol. The molecule has 3 N–H and O–H groups in total. The SMILES string of the molecule is CCCCN(C(=O)COc1ccc([N+](=O)[O-])cc1)c1c(N)n(CCC)c(=O)[nH]c1=O. The molecule has 0 aliphatic rings. The third-order valence-corrected chi connectivity index (χ3v) is 4.38. The van der Waals surface area contributed by atoms with Crippen molar-refractivity contribution in [2.75, 3.05) is 23.8 Å². The van der Waals surface area contributed by atoms with Gasteiger partial charge in [-0.05, 0) is 25.0 Å². The molecule has 0 spiro atoms. The van der Waals surface area contributed by atoms with E-state index in [4.69, 9.17) is 10.5 Å². The minimum atomic E-state index is -0.746. The number of nitrogen functional groups attached to an aromatic ring is 1. The standard InChI is InChI=1S/C19H25N5O6/c1-3-5-11-22(16-17(20)23(10-4-2)19(27)21-18(16)26)15(25)12-30-14-8-6-13(7-9-14)24(28)29/h6-9H,3-5,10-12,20H2,1-2H3,(H,21,26,27). The molecule has 2 rings (SSSR count). The first-order valence-corrected chi connectivity index (χ1v) is 9.60. The molecule has 162 valence electrons. The van der Waals surface area contributed by atoms with Gasteiger partial charge in [-0.25, -0.2) is 4.79 Å². The Labute approximate surface area is 172 Å². The van der Waals surface area contributed by atoms with Crippen molar-refractivity contribution in [3.05, 3.63) is 55.2 Å². The number of nitro benzene ring substituents is 1. The number of rotatable bonds is 10. The number of anilines is 2. The fraction of sp³-hybridized carbons (Fsp3) is 0.421. The number of hydrogen-bond acceptors (Lipinski definition) is 7. The molecule has 1 aromatic carbocycles. The number of nitrogens with zero attached hydrogens (tertiary/aromatic N) is 3. The van der Waals surface area contributed by atoms with Crippen LogP contribution in [0.4, 0.5) is 17.2 Å². The lowest BCUT2D eigenvalue weighted by Crippen LogP contribution is -2.43. The van der Waals surface area contributed by atoms with Gasteiger partial charge < -0.3 is 15.4 Å². The van der Waals surface area contributed by atoms with Crippen molar-refractivity contribution in [1.82, 2.24) is 9.55 Å². The summed E-state index contributed by atoms with van der Waals surface area (Å²) in [6.07, 6.45) is 1.98. The van der Waals surface area contributed by atoms with Crippen LogP contribution in [0.1, 0.15) is 33.1 Å². The van der Waals surface area contributed by atoms with Gasteiger partial charge in [0, 0.05) is 25.2 Å². The van der Waals surface area contributed by atoms with Crippen LogP contribution in [0.25, 0.3) is 0 Å². The highest BCUT2D eigenvalue weighted by molar-refractivity contribution is 5.96. The van der Waals surface area contributed by atoms with Crippen molar-refractivity contribution in [2.45, 2.75) is 39.7 Å². The van der Waals surface area contributed by atoms with Crippen LogP contribution in [0.3, 0.4) is 0 Å². The van der Waals surface area contributed by atoms with Gasteiger partial charge in [-0.3, -0.25) is 29.3 Å². The van der Waals surface area contributed by atoms with Crippen molar-refractivity contribution in [2.24, 2.45) is 0 Å². The number of hydrogen-bond donors (Lipinski definition) is 2. The fourth-order valence-corrected chi connectivity index (χ4v) is 2.85. The van der Waals surface area contributed by atoms with E-state index in [-0.39, 0.29) is 29.5 Å². The second-order valence-electron chi connectivity index (χ2n) is 6.58. The summed E-state index contributed by atoms with van der Waals surface area (Å²) in [4.78, 5) is 51.0. The van der Waals surface area contributed by atoms with Crippen LogP contribution in [-0.4, -0.2) is 33.5 Å². The highest BCUT2D eigenvalue weighted by Crippen LogP contribution is 2.20. The van der Waals surface area contributed by atoms with Gasteiger partial charge in [0.25, 0.3) is 17.2 Å². The van der Waals surface area contributed by atoms with E-state index in [9.17, 15) is 24.5 Å². The maximum atomic E-state index is 12.9. The van der Waals surface area contributed by atoms with Crippen LogP contribution in [0.15, 0.2) is 33.9 Å². The van der Waals surface area contributed by atoms with Gasteiger partial charge in [0.05, 0.1) is 4.92 Å². The Bertz CT molecular complexity index is 1010. The Morgan fingerprint density at radius 2 is 1.90 bits per heavy atom. The van der Waals surface area contributed by atoms with Gasteiger partial charge in [-0.1, -0.05) is 20.3 Å². The number of carbonyl (C=O) groups excluding carboxylic acids is 1. The molecule has 1 heterocycles. The second kappa shape index (κ2) is 10.2. The van der Waals surface area contributed by atoms with Crippen LogP contribution in [0, 0.1) is 10.1 Å². The van der Waals surface area contributed by atoms with Crippen LogP contribution in [0.2, 0.25) is 0 Å². The van der Waals surface area contributed by atoms with E-state index in [1.807, 2.05) is 13.8 Å². The molecule has 0 saturated heterocycles. The summed E-state index contributed by atoms with van der Waals surface area (Å²) in [5.41, 5.74) is 4.51. The van der Waals surface area contributed by atoms with Crippen LogP contribution in [0.5, 0.6) is 5.75 Å². The zero-order chi connectivity index (χ0) is 22.3. The normalized spacial score (nSPS) is 10.6. The van der Waals surface area contributed by atoms with E-state index < -0.39 is 28.7 Å². The van der Waals surface area contributed by atoms with Crippen molar-refractivity contribution in [3.63, 3.8) is 0 Å². The van der Waals surface area contributed by atoms with E-state index in [2.05, 4.69) is 4.98 Å². The minimum absolute atomic E-state index is 0.0783. The summed E-state index contributed by atoms with van der Waals surface area (Å²) in [6, 6.07) is 5.28. The molecule has 0 radical (unpaired) electrons. The third-order valence-electron chi connectivity index (χ3n) is 4.38. The van der Waals surface area contributed by atoms with E-state index in [0.717, 1.165) is 6.42 Å². The van der Waals surface area contributed by atoms with E-state index in [1.54, 1.807) is 0 Å². The highest BCUT2D eigenvalue weighted by Gasteiger charge is 2.24. The summed E-state index contributed by atoms with van der Waals surface area (Å²) in [5, 5.41) is 10.7. The van der Waals surface area contributed by atoms with Crippen LogP contribution >= 0.6 is 0 Å². The summed E-state index contributed by atoms with van der Waals surface area (Å²) >= 11 is 0. The lowest BCUT2D eigenvalue weighted by atomic mass is 10.2. The summed E-state index contributed by atoms with van der Waals surface area (Å²) in [5.74, 6) is -0.340. The Morgan fingerprint density at radius 1 is 1.23 bits per heavy atom. The van der Waals surface area contributed by atoms with Gasteiger partial charge in [0.1, 0.15) is 11.6 Å². The Kier molecular flexibility index (Phi) is 7.73. The lowest BCUT2D eigenvalue weighted by Gasteiger charge is -2.24. The molecular weight excluding hydrogens is 394 g/mol. The first-order valence-electron chi connectivity index (χ1n) is 9.60. The van der Waals surface area contributed by atoms with Gasteiger partial charge in [0.15, 0.2) is 12.3 Å². The largest absolute Gasteiger partial charge is 0.484 e. The van der Waals surface area contributed by atoms with Gasteiger partial charge >= 0.3 is 5.69 Å². The maximum Gasteiger partial charge on any atom is 0.330 e. The van der Waals surface area contributed by atoms with Crippen LogP contribution in [-0.2, 0) is 11.3 Å². The average Bonchev–Trinajstić information content (AvgIpc) is 2.71. The Balaban J connectivity index is 2.30. The monoisotopic (exact) mass is 419 g/mol. The second-order valence-corrected chi connectivity index (χ2v) is 6.58. The molecule has 1 aromatic heterocycles. The number of nitrogens with two attached hydrogens (primary N) is 1. The number of amides is 1. The fourth-order valence-electron chi connectivity index (χ4n) is 2.85. The van der Waals surface area contributed by atoms with Crippen molar-refractivity contribution in [1.29, 1.82) is 0 Å². The molecule has 0 unspecified atom stereocenters. The number of carbonyl (C=O) groups is 1. The van der Waals surface area contributed by atoms with Crippen molar-refractivity contribution >= 4 is 23.1 Å². The molecule has 2 aromatic rings. The maximum absolute atomic E-state index is 12.9. The quantitative estimate of drug-likeness (QED) is 0.438. The number of unbranched alkanes of at least 4 members (excludes halogenated alkanes) is 1. The number of ether oxygens (including phenoxy) is 1. The predicted molar refractivity (Wildman–Crippen MR) is 112 cm³/mol. The number of H-pyrrole nitrogens is 1. The number of aromatic amines is 1. The number of aromatic nitrogens is 2. The molecule has 11 nitrogen and oxygen atoms in total. The number of benzene rings is 1. The minimum Gasteiger partial charge on any atom is -0.484 e. The molecule has 0 fully saturated rings. The van der Waals surface area contributed by atoms with Gasteiger partial charge in [-0.15, -0.1) is 0 Å². The third kappa shape index (κ3) is 5.25. The highest BCUT2D eigenvalue weighted by atomic mass is 16.6. The van der Waals surface area contributed by atoms with E-state index in [1.165, 1.54) is 33.7 Å². The van der Waals surface area contributed by atoms with Crippen LogP contribution < -0.4 is 26.6 Å². The van der Waals surface area contributed by atoms with E-state index >= 15 is 0 Å². The molecule has 11 heteroatoms. The first-order chi connectivity index (χ1) is 14.3. The zero-order valence-electron chi connectivity index (χ0n) is 16.9. The van der Waals surface area contributed by atoms with Crippen molar-refractivity contribution in [3.8, 4) is 5.75 Å². The number of nitrogens with one attached hydrogen (secondary N) is 1. The number of non-ortho nitro benzene ring substituents is 1. The summed E-state index contributed by atoms with van der Waals surface area (Å²) in [6.45, 7) is 3.89. The number of nitro groups is 1. The molecule has 0 saturated carbocycles. The Morgan fingerprint density at radius 3 is 2.47 bits per heavy atom. The molecule has 0 atom stereocenters. The zero-order valence-corrected chi connectivity index (χ0v) is 16.9. The topological polar surface area (TPSA) is 154 Å². The lowest BCUT2D eigenvalue weighted by molar-refractivity contribution is -0.384. The van der Waals surface area contributed by atoms with Gasteiger partial charge in [0.2, 0.25) is 0 Å². The molecule has 0 bridgehead atoms. The van der Waals surface area contributed by atoms with E-state index in [0.29, 0.717) is 19.4 Å². The molecule has 1 amide bonds. The Hall–Kier alpha value is -3.63. The summed E-state index contributed by atoms with van der Waals surface area (Å²) in [7, 11) is 0. The molecule has 30 heavy (non-hydrogen) atoms. The van der Waals surface area contributed by atoms with Gasteiger partial charge in [-0.2, -0.15) is 0 Å². The molecule has 0 aliphatic heterocycles. The van der Waals surface area contributed by atoms with Crippen molar-refractivity contribution < 1.29 is 14.5 Å². The molecular formula is C19H25N5O6. The smallest absolute Gasteiger partial charge is 0.330 e. The predicted octanol–water partition coefficient (Wildman–Crippen LogP) is 1.65.